The average Bonchev–Trinajstić information content (AvgIpc) is 2.92. The Balaban J connectivity index is 1.94. The number of likely N-dealkylation sites (N-methyl/N-ethyl adjacent to an activating group) is 1. The van der Waals surface area contributed by atoms with Crippen LogP contribution in [-0.4, -0.2) is 49.6 Å². The van der Waals surface area contributed by atoms with Crippen molar-refractivity contribution >= 4 is 23.4 Å². The molecule has 1 heterocycles. The molecule has 104 valence electrons. The van der Waals surface area contributed by atoms with E-state index in [0.717, 1.165) is 17.2 Å². The van der Waals surface area contributed by atoms with Gasteiger partial charge in [-0.05, 0) is 17.7 Å². The molecule has 1 aromatic rings. The molecular formula is C14H21N3OS. The molecule has 1 saturated heterocycles. The van der Waals surface area contributed by atoms with Gasteiger partial charge < -0.3 is 9.80 Å². The Kier molecular flexibility index (Phi) is 4.71. The summed E-state index contributed by atoms with van der Waals surface area (Å²) in [7, 11) is 5.91. The van der Waals surface area contributed by atoms with E-state index in [1.807, 2.05) is 21.1 Å². The van der Waals surface area contributed by atoms with Crippen molar-refractivity contribution in [2.75, 3.05) is 37.7 Å². The standard InChI is InChI=1S/C14H21N3OS/c1-16(2)12-6-4-11(5-7-12)8-17(3)14(18)13-9-19-10-15-13/h4-7,13,15H,8-10H2,1-3H3. The Hall–Kier alpha value is -1.20. The molecule has 1 unspecified atom stereocenters. The lowest BCUT2D eigenvalue weighted by atomic mass is 10.2. The molecular weight excluding hydrogens is 258 g/mol. The van der Waals surface area contributed by atoms with E-state index in [2.05, 4.69) is 34.5 Å². The maximum atomic E-state index is 12.2. The van der Waals surface area contributed by atoms with Gasteiger partial charge in [-0.25, -0.2) is 0 Å². The van der Waals surface area contributed by atoms with E-state index < -0.39 is 0 Å². The fourth-order valence-corrected chi connectivity index (χ4v) is 3.00. The van der Waals surface area contributed by atoms with Crippen molar-refractivity contribution in [3.05, 3.63) is 29.8 Å². The second-order valence-electron chi connectivity index (χ2n) is 5.03. The highest BCUT2D eigenvalue weighted by molar-refractivity contribution is 7.99. The third kappa shape index (κ3) is 3.64. The van der Waals surface area contributed by atoms with Crippen LogP contribution in [0.1, 0.15) is 5.56 Å². The van der Waals surface area contributed by atoms with Crippen LogP contribution in [0.25, 0.3) is 0 Å². The smallest absolute Gasteiger partial charge is 0.240 e. The van der Waals surface area contributed by atoms with Crippen LogP contribution < -0.4 is 10.2 Å². The van der Waals surface area contributed by atoms with Crippen molar-refractivity contribution in [3.63, 3.8) is 0 Å². The third-order valence-electron chi connectivity index (χ3n) is 3.26. The zero-order valence-electron chi connectivity index (χ0n) is 11.7. The predicted octanol–water partition coefficient (Wildman–Crippen LogP) is 1.37. The third-order valence-corrected chi connectivity index (χ3v) is 4.20. The van der Waals surface area contributed by atoms with Gasteiger partial charge >= 0.3 is 0 Å². The summed E-state index contributed by atoms with van der Waals surface area (Å²) in [6.07, 6.45) is 0. The first-order valence-electron chi connectivity index (χ1n) is 6.40. The number of nitrogens with zero attached hydrogens (tertiary/aromatic N) is 2. The minimum absolute atomic E-state index is 0.0175. The summed E-state index contributed by atoms with van der Waals surface area (Å²) in [4.78, 5) is 16.0. The highest BCUT2D eigenvalue weighted by Gasteiger charge is 2.25. The molecule has 1 atom stereocenters. The lowest BCUT2D eigenvalue weighted by molar-refractivity contribution is -0.131. The Morgan fingerprint density at radius 1 is 1.32 bits per heavy atom. The van der Waals surface area contributed by atoms with E-state index >= 15 is 0 Å². The van der Waals surface area contributed by atoms with Crippen LogP contribution in [0.15, 0.2) is 24.3 Å². The molecule has 1 fully saturated rings. The van der Waals surface area contributed by atoms with Gasteiger partial charge in [0.25, 0.3) is 0 Å². The Morgan fingerprint density at radius 2 is 2.00 bits per heavy atom. The lowest BCUT2D eigenvalue weighted by Gasteiger charge is -2.21. The molecule has 1 aromatic carbocycles. The zero-order valence-corrected chi connectivity index (χ0v) is 12.5. The molecule has 0 saturated carbocycles. The van der Waals surface area contributed by atoms with E-state index in [1.54, 1.807) is 16.7 Å². The molecule has 1 aliphatic heterocycles. The Bertz CT molecular complexity index is 427. The maximum absolute atomic E-state index is 12.2. The minimum Gasteiger partial charge on any atom is -0.378 e. The molecule has 4 nitrogen and oxygen atoms in total. The van der Waals surface area contributed by atoms with Gasteiger partial charge in [0, 0.05) is 45.0 Å². The van der Waals surface area contributed by atoms with Crippen LogP contribution in [-0.2, 0) is 11.3 Å². The Morgan fingerprint density at radius 3 is 2.53 bits per heavy atom. The number of hydrogen-bond acceptors (Lipinski definition) is 4. The van der Waals surface area contributed by atoms with Gasteiger partial charge in [0.15, 0.2) is 0 Å². The molecule has 1 aliphatic rings. The molecule has 0 aromatic heterocycles. The normalized spacial score (nSPS) is 18.4. The van der Waals surface area contributed by atoms with E-state index in [9.17, 15) is 4.79 Å². The quantitative estimate of drug-likeness (QED) is 0.903. The van der Waals surface area contributed by atoms with Crippen LogP contribution in [0.3, 0.4) is 0 Å². The van der Waals surface area contributed by atoms with Gasteiger partial charge in [-0.15, -0.1) is 11.8 Å². The van der Waals surface area contributed by atoms with Crippen LogP contribution in [0.4, 0.5) is 5.69 Å². The molecule has 0 radical (unpaired) electrons. The summed E-state index contributed by atoms with van der Waals surface area (Å²) < 4.78 is 0. The number of hydrogen-bond donors (Lipinski definition) is 1. The van der Waals surface area contributed by atoms with Crippen LogP contribution >= 0.6 is 11.8 Å². The summed E-state index contributed by atoms with van der Waals surface area (Å²) in [6.45, 7) is 0.662. The van der Waals surface area contributed by atoms with E-state index in [0.29, 0.717) is 6.54 Å². The summed E-state index contributed by atoms with van der Waals surface area (Å²) >= 11 is 1.78. The summed E-state index contributed by atoms with van der Waals surface area (Å²) in [6, 6.07) is 8.30. The first kappa shape index (κ1) is 14.2. The van der Waals surface area contributed by atoms with Crippen LogP contribution in [0.2, 0.25) is 0 Å². The number of rotatable bonds is 4. The highest BCUT2D eigenvalue weighted by Crippen LogP contribution is 2.15. The number of carbonyl (C=O) groups is 1. The molecule has 1 N–H and O–H groups in total. The van der Waals surface area contributed by atoms with E-state index in [1.165, 1.54) is 5.69 Å². The van der Waals surface area contributed by atoms with Crippen molar-refractivity contribution in [3.8, 4) is 0 Å². The molecule has 0 bridgehead atoms. The van der Waals surface area contributed by atoms with Crippen molar-refractivity contribution in [1.29, 1.82) is 0 Å². The molecule has 19 heavy (non-hydrogen) atoms. The molecule has 5 heteroatoms. The molecule has 1 amide bonds. The fourth-order valence-electron chi connectivity index (χ4n) is 2.07. The number of thioether (sulfide) groups is 1. The van der Waals surface area contributed by atoms with Gasteiger partial charge in [0.05, 0.1) is 6.04 Å². The number of nitrogens with one attached hydrogen (secondary N) is 1. The lowest BCUT2D eigenvalue weighted by Crippen LogP contribution is -2.42. The Labute approximate surface area is 119 Å². The number of amides is 1. The maximum Gasteiger partial charge on any atom is 0.240 e. The van der Waals surface area contributed by atoms with Crippen molar-refractivity contribution in [2.24, 2.45) is 0 Å². The zero-order chi connectivity index (χ0) is 13.8. The average molecular weight is 279 g/mol. The molecule has 0 aliphatic carbocycles. The van der Waals surface area contributed by atoms with Gasteiger partial charge in [-0.1, -0.05) is 12.1 Å². The van der Waals surface area contributed by atoms with Gasteiger partial charge in [0.1, 0.15) is 0 Å². The summed E-state index contributed by atoms with van der Waals surface area (Å²) in [5, 5.41) is 3.21. The molecule has 2 rings (SSSR count). The molecule has 0 spiro atoms. The topological polar surface area (TPSA) is 35.6 Å². The van der Waals surface area contributed by atoms with Crippen LogP contribution in [0, 0.1) is 0 Å². The number of carbonyl (C=O) groups excluding carboxylic acids is 1. The first-order chi connectivity index (χ1) is 9.08. The first-order valence-corrected chi connectivity index (χ1v) is 7.56. The second-order valence-corrected chi connectivity index (χ2v) is 6.06. The summed E-state index contributed by atoms with van der Waals surface area (Å²) in [5.41, 5.74) is 2.33. The second kappa shape index (κ2) is 6.30. The van der Waals surface area contributed by atoms with Crippen molar-refractivity contribution in [2.45, 2.75) is 12.6 Å². The van der Waals surface area contributed by atoms with Gasteiger partial charge in [0.2, 0.25) is 5.91 Å². The fraction of sp³-hybridized carbons (Fsp3) is 0.500. The minimum atomic E-state index is -0.0175. The van der Waals surface area contributed by atoms with E-state index in [4.69, 9.17) is 0 Å². The monoisotopic (exact) mass is 279 g/mol. The number of anilines is 1. The SMILES string of the molecule is CN(Cc1ccc(N(C)C)cc1)C(=O)C1CSCN1. The largest absolute Gasteiger partial charge is 0.378 e. The van der Waals surface area contributed by atoms with Crippen molar-refractivity contribution in [1.82, 2.24) is 10.2 Å². The summed E-state index contributed by atoms with van der Waals surface area (Å²) in [5.74, 6) is 1.94. The number of benzene rings is 1. The van der Waals surface area contributed by atoms with Crippen LogP contribution in [0.5, 0.6) is 0 Å². The van der Waals surface area contributed by atoms with E-state index in [-0.39, 0.29) is 11.9 Å². The van der Waals surface area contributed by atoms with Gasteiger partial charge in [-0.3, -0.25) is 10.1 Å². The van der Waals surface area contributed by atoms with Crippen molar-refractivity contribution < 1.29 is 4.79 Å². The highest BCUT2D eigenvalue weighted by atomic mass is 32.2. The predicted molar refractivity (Wildman–Crippen MR) is 81.5 cm³/mol. The van der Waals surface area contributed by atoms with Gasteiger partial charge in [-0.2, -0.15) is 0 Å².